The molecule has 0 fully saturated rings. The van der Waals surface area contributed by atoms with E-state index in [1.54, 1.807) is 21.1 Å². The van der Waals surface area contributed by atoms with E-state index in [2.05, 4.69) is 15.6 Å². The van der Waals surface area contributed by atoms with Gasteiger partial charge in [-0.3, -0.25) is 14.7 Å². The van der Waals surface area contributed by atoms with Crippen LogP contribution in [0.2, 0.25) is 0 Å². The van der Waals surface area contributed by atoms with Gasteiger partial charge < -0.3 is 14.0 Å². The highest BCUT2D eigenvalue weighted by Gasteiger charge is 2.16. The van der Waals surface area contributed by atoms with Gasteiger partial charge in [0.2, 0.25) is 0 Å². The fourth-order valence-electron chi connectivity index (χ4n) is 4.43. The number of ether oxygens (including phenoxy) is 2. The fraction of sp³-hybridized carbons (Fsp3) is 0.172. The maximum Gasteiger partial charge on any atom is 0.280 e. The lowest BCUT2D eigenvalue weighted by Crippen LogP contribution is -2.25. The van der Waals surface area contributed by atoms with Crippen LogP contribution in [-0.4, -0.2) is 45.7 Å². The van der Waals surface area contributed by atoms with Crippen molar-refractivity contribution in [1.29, 1.82) is 0 Å². The second kappa shape index (κ2) is 11.1. The van der Waals surface area contributed by atoms with Crippen LogP contribution in [0, 0.1) is 6.92 Å². The lowest BCUT2D eigenvalue weighted by molar-refractivity contribution is -0.121. The molecule has 1 amide bonds. The largest absolute Gasteiger partial charge is 0.493 e. The van der Waals surface area contributed by atoms with Gasteiger partial charge in [0.05, 0.1) is 42.7 Å². The molecule has 10 nitrogen and oxygen atoms in total. The van der Waals surface area contributed by atoms with Gasteiger partial charge in [-0.15, -0.1) is 0 Å². The first kappa shape index (κ1) is 25.5. The lowest BCUT2D eigenvalue weighted by Gasteiger charge is -2.11. The van der Waals surface area contributed by atoms with Gasteiger partial charge in [-0.1, -0.05) is 36.4 Å². The molecule has 0 aliphatic carbocycles. The molecular formula is C29H28N6O4. The summed E-state index contributed by atoms with van der Waals surface area (Å²) in [4.78, 5) is 30.6. The van der Waals surface area contributed by atoms with Crippen LogP contribution in [0.1, 0.15) is 22.6 Å². The molecule has 0 atom stereocenters. The van der Waals surface area contributed by atoms with Crippen LogP contribution in [0.4, 0.5) is 0 Å². The number of methoxy groups -OCH3 is 2. The quantitative estimate of drug-likeness (QED) is 0.226. The summed E-state index contributed by atoms with van der Waals surface area (Å²) < 4.78 is 14.1. The van der Waals surface area contributed by atoms with E-state index in [9.17, 15) is 9.59 Å². The molecule has 2 N–H and O–H groups in total. The van der Waals surface area contributed by atoms with Gasteiger partial charge in [-0.25, -0.2) is 15.1 Å². The second-order valence-electron chi connectivity index (χ2n) is 8.89. The molecule has 0 saturated heterocycles. The minimum atomic E-state index is -0.348. The molecule has 5 aromatic rings. The summed E-state index contributed by atoms with van der Waals surface area (Å²) in [5.41, 5.74) is 6.58. The number of nitrogens with zero attached hydrogens (tertiary/aromatic N) is 4. The number of aromatic amines is 1. The molecule has 0 radical (unpaired) electrons. The van der Waals surface area contributed by atoms with E-state index in [0.29, 0.717) is 34.9 Å². The van der Waals surface area contributed by atoms with Crippen molar-refractivity contribution in [2.45, 2.75) is 19.9 Å². The maximum atomic E-state index is 12.9. The Morgan fingerprint density at radius 1 is 1.03 bits per heavy atom. The molecule has 0 unspecified atom stereocenters. The first-order valence-corrected chi connectivity index (χ1v) is 12.3. The lowest BCUT2D eigenvalue weighted by atomic mass is 10.1. The first-order chi connectivity index (χ1) is 19.0. The van der Waals surface area contributed by atoms with Gasteiger partial charge in [-0.05, 0) is 48.9 Å². The predicted molar refractivity (Wildman–Crippen MR) is 149 cm³/mol. The predicted octanol–water partition coefficient (Wildman–Crippen LogP) is 3.58. The van der Waals surface area contributed by atoms with Crippen LogP contribution in [-0.2, 0) is 17.8 Å². The van der Waals surface area contributed by atoms with E-state index in [-0.39, 0.29) is 18.0 Å². The molecule has 198 valence electrons. The average molecular weight is 525 g/mol. The third kappa shape index (κ3) is 5.30. The monoisotopic (exact) mass is 524 g/mol. The van der Waals surface area contributed by atoms with Gasteiger partial charge in [0, 0.05) is 12.1 Å². The topological polar surface area (TPSA) is 116 Å². The van der Waals surface area contributed by atoms with Gasteiger partial charge >= 0.3 is 0 Å². The molecule has 2 aromatic heterocycles. The average Bonchev–Trinajstić information content (AvgIpc) is 3.44. The number of aromatic nitrogens is 4. The van der Waals surface area contributed by atoms with Crippen molar-refractivity contribution in [3.8, 4) is 17.2 Å². The molecule has 0 aliphatic heterocycles. The number of hydrogen-bond acceptors (Lipinski definition) is 6. The Kier molecular flexibility index (Phi) is 7.26. The van der Waals surface area contributed by atoms with Gasteiger partial charge in [0.1, 0.15) is 12.4 Å². The van der Waals surface area contributed by atoms with Crippen molar-refractivity contribution in [2.24, 2.45) is 5.10 Å². The number of rotatable bonds is 9. The van der Waals surface area contributed by atoms with E-state index in [1.807, 2.05) is 77.4 Å². The second-order valence-corrected chi connectivity index (χ2v) is 8.89. The van der Waals surface area contributed by atoms with Crippen molar-refractivity contribution in [3.05, 3.63) is 106 Å². The molecule has 0 spiro atoms. The summed E-state index contributed by atoms with van der Waals surface area (Å²) in [5, 5.41) is 7.11. The fourth-order valence-corrected chi connectivity index (χ4v) is 4.43. The number of amides is 1. The van der Waals surface area contributed by atoms with E-state index in [4.69, 9.17) is 14.5 Å². The molecule has 2 heterocycles. The van der Waals surface area contributed by atoms with E-state index < -0.39 is 0 Å². The van der Waals surface area contributed by atoms with Crippen molar-refractivity contribution in [1.82, 2.24) is 24.8 Å². The summed E-state index contributed by atoms with van der Waals surface area (Å²) in [6.45, 7) is 1.78. The third-order valence-corrected chi connectivity index (χ3v) is 6.36. The third-order valence-electron chi connectivity index (χ3n) is 6.36. The first-order valence-electron chi connectivity index (χ1n) is 12.3. The van der Waals surface area contributed by atoms with Gasteiger partial charge in [-0.2, -0.15) is 5.10 Å². The van der Waals surface area contributed by atoms with Crippen LogP contribution >= 0.6 is 0 Å². The van der Waals surface area contributed by atoms with Crippen molar-refractivity contribution >= 4 is 23.2 Å². The number of aryl methyl sites for hydroxylation is 1. The number of fused-ring (bicyclic) bond motifs is 1. The highest BCUT2D eigenvalue weighted by molar-refractivity contribution is 5.84. The minimum Gasteiger partial charge on any atom is -0.493 e. The molecule has 0 bridgehead atoms. The number of H-pyrrole nitrogens is 1. The summed E-state index contributed by atoms with van der Waals surface area (Å²) in [5.74, 6) is 1.63. The summed E-state index contributed by atoms with van der Waals surface area (Å²) in [6.07, 6.45) is 1.84. The summed E-state index contributed by atoms with van der Waals surface area (Å²) in [6, 6.07) is 22.6. The molecule has 0 aliphatic rings. The number of imidazole rings is 1. The Bertz CT molecular complexity index is 1720. The van der Waals surface area contributed by atoms with E-state index >= 15 is 0 Å². The Hall–Kier alpha value is -5.12. The van der Waals surface area contributed by atoms with Crippen LogP contribution in [0.3, 0.4) is 0 Å². The Labute approximate surface area is 224 Å². The number of carbonyl (C=O) groups is 1. The zero-order valence-electron chi connectivity index (χ0n) is 21.8. The number of hydrazone groups is 1. The molecule has 0 saturated carbocycles. The molecule has 39 heavy (non-hydrogen) atoms. The Morgan fingerprint density at radius 2 is 1.77 bits per heavy atom. The van der Waals surface area contributed by atoms with E-state index in [0.717, 1.165) is 22.4 Å². The number of para-hydroxylation sites is 3. The molecule has 10 heteroatoms. The highest BCUT2D eigenvalue weighted by Crippen LogP contribution is 2.29. The zero-order valence-corrected chi connectivity index (χ0v) is 21.8. The van der Waals surface area contributed by atoms with Crippen molar-refractivity contribution in [3.63, 3.8) is 0 Å². The Morgan fingerprint density at radius 3 is 2.54 bits per heavy atom. The SMILES string of the molecule is COc1ccc(Cc2nc3ccccc3n2CC(=O)N/N=C\c2c(C)[nH]n(-c3ccccc3)c2=O)cc1OC. The van der Waals surface area contributed by atoms with Crippen molar-refractivity contribution < 1.29 is 14.3 Å². The zero-order chi connectivity index (χ0) is 27.4. The number of hydrogen-bond donors (Lipinski definition) is 2. The maximum absolute atomic E-state index is 12.9. The van der Waals surface area contributed by atoms with Gasteiger partial charge in [0.15, 0.2) is 11.5 Å². The van der Waals surface area contributed by atoms with Gasteiger partial charge in [0.25, 0.3) is 11.5 Å². The molecule has 3 aromatic carbocycles. The standard InChI is InChI=1S/C29H28N6O4/c1-19-22(29(37)35(33-19)21-9-5-4-6-10-21)17-30-32-28(36)18-34-24-12-8-7-11-23(24)31-27(34)16-20-13-14-25(38-2)26(15-20)39-3/h4-15,17,33H,16,18H2,1-3H3,(H,32,36)/b30-17-. The van der Waals surface area contributed by atoms with Crippen LogP contribution in [0.5, 0.6) is 11.5 Å². The number of nitrogens with one attached hydrogen (secondary N) is 2. The van der Waals surface area contributed by atoms with Crippen molar-refractivity contribution in [2.75, 3.05) is 14.2 Å². The minimum absolute atomic E-state index is 0.000836. The number of carbonyl (C=O) groups excluding carboxylic acids is 1. The smallest absolute Gasteiger partial charge is 0.280 e. The van der Waals surface area contributed by atoms with Crippen LogP contribution in [0.15, 0.2) is 82.7 Å². The molecular weight excluding hydrogens is 496 g/mol. The summed E-state index contributed by atoms with van der Waals surface area (Å²) in [7, 11) is 3.18. The normalized spacial score (nSPS) is 11.3. The van der Waals surface area contributed by atoms with E-state index in [1.165, 1.54) is 10.9 Å². The highest BCUT2D eigenvalue weighted by atomic mass is 16.5. The number of benzene rings is 3. The Balaban J connectivity index is 1.35. The van der Waals surface area contributed by atoms with Crippen LogP contribution in [0.25, 0.3) is 16.7 Å². The van der Waals surface area contributed by atoms with Crippen LogP contribution < -0.4 is 20.5 Å². The molecule has 5 rings (SSSR count). The summed E-state index contributed by atoms with van der Waals surface area (Å²) >= 11 is 0.